The number of anilines is 2. The van der Waals surface area contributed by atoms with E-state index < -0.39 is 0 Å². The highest BCUT2D eigenvalue weighted by Crippen LogP contribution is 2.30. The van der Waals surface area contributed by atoms with E-state index in [1.54, 1.807) is 18.4 Å². The summed E-state index contributed by atoms with van der Waals surface area (Å²) in [4.78, 5) is 10.3. The highest BCUT2D eigenvalue weighted by atomic mass is 32.1. The first-order chi connectivity index (χ1) is 10.3. The van der Waals surface area contributed by atoms with Crippen LogP contribution in [0.15, 0.2) is 11.4 Å². The number of thiophene rings is 1. The minimum atomic E-state index is 0.278. The molecule has 2 atom stereocenters. The molecule has 2 N–H and O–H groups in total. The molecule has 2 aromatic heterocycles. The molecule has 5 nitrogen and oxygen atoms in total. The van der Waals surface area contributed by atoms with Crippen LogP contribution in [0.2, 0.25) is 0 Å². The van der Waals surface area contributed by atoms with Gasteiger partial charge in [0.15, 0.2) is 0 Å². The molecule has 2 aromatic rings. The summed E-state index contributed by atoms with van der Waals surface area (Å²) in [7, 11) is 1.79. The number of hydrogen-bond donors (Lipinski definition) is 2. The van der Waals surface area contributed by atoms with Gasteiger partial charge < -0.3 is 15.4 Å². The van der Waals surface area contributed by atoms with Crippen molar-refractivity contribution in [2.75, 3.05) is 24.3 Å². The zero-order valence-corrected chi connectivity index (χ0v) is 13.4. The van der Waals surface area contributed by atoms with Crippen molar-refractivity contribution in [3.8, 4) is 0 Å². The van der Waals surface area contributed by atoms with Gasteiger partial charge in [0.2, 0.25) is 5.95 Å². The molecular formula is C15H22N4OS. The molecule has 0 saturated heterocycles. The van der Waals surface area contributed by atoms with Crippen LogP contribution in [-0.2, 0) is 4.74 Å². The molecule has 1 aliphatic rings. The van der Waals surface area contributed by atoms with E-state index in [0.29, 0.717) is 12.0 Å². The maximum Gasteiger partial charge on any atom is 0.226 e. The number of rotatable bonds is 6. The topological polar surface area (TPSA) is 59.1 Å². The fourth-order valence-corrected chi connectivity index (χ4v) is 3.59. The predicted molar refractivity (Wildman–Crippen MR) is 88.3 cm³/mol. The largest absolute Gasteiger partial charge is 0.379 e. The number of methoxy groups -OCH3 is 1. The summed E-state index contributed by atoms with van der Waals surface area (Å²) in [6.07, 6.45) is 4.79. The Morgan fingerprint density at radius 1 is 1.38 bits per heavy atom. The van der Waals surface area contributed by atoms with Gasteiger partial charge in [-0.2, -0.15) is 4.98 Å². The second-order valence-corrected chi connectivity index (χ2v) is 6.31. The van der Waals surface area contributed by atoms with Crippen molar-refractivity contribution in [2.45, 2.75) is 44.8 Å². The number of nitrogens with zero attached hydrogens (tertiary/aromatic N) is 2. The summed E-state index contributed by atoms with van der Waals surface area (Å²) in [5.74, 6) is 1.63. The zero-order chi connectivity index (χ0) is 14.7. The smallest absolute Gasteiger partial charge is 0.226 e. The number of fused-ring (bicyclic) bond motifs is 1. The summed E-state index contributed by atoms with van der Waals surface area (Å²) >= 11 is 1.65. The highest BCUT2D eigenvalue weighted by Gasteiger charge is 2.28. The molecular weight excluding hydrogens is 284 g/mol. The Morgan fingerprint density at radius 2 is 2.29 bits per heavy atom. The summed E-state index contributed by atoms with van der Waals surface area (Å²) in [6, 6.07) is 2.43. The predicted octanol–water partition coefficient (Wildman–Crippen LogP) is 3.49. The number of hydrogen-bond acceptors (Lipinski definition) is 6. The third-order valence-electron chi connectivity index (χ3n) is 3.94. The molecule has 2 heterocycles. The van der Waals surface area contributed by atoms with Crippen LogP contribution in [-0.4, -0.2) is 35.8 Å². The van der Waals surface area contributed by atoms with Crippen molar-refractivity contribution in [1.29, 1.82) is 0 Å². The monoisotopic (exact) mass is 306 g/mol. The van der Waals surface area contributed by atoms with E-state index in [1.807, 2.05) is 0 Å². The van der Waals surface area contributed by atoms with Crippen LogP contribution in [0.3, 0.4) is 0 Å². The van der Waals surface area contributed by atoms with E-state index in [4.69, 9.17) is 4.74 Å². The second-order valence-electron chi connectivity index (χ2n) is 5.42. The second kappa shape index (κ2) is 6.58. The molecule has 0 bridgehead atoms. The third-order valence-corrected chi connectivity index (χ3v) is 4.74. The van der Waals surface area contributed by atoms with Crippen LogP contribution in [0.4, 0.5) is 11.8 Å². The fraction of sp³-hybridized carbons (Fsp3) is 0.600. The molecule has 0 spiro atoms. The molecule has 0 aliphatic heterocycles. The SMILES string of the molecule is CCCNc1nc(NC2CCCC2OC)c2ccsc2n1. The first kappa shape index (κ1) is 14.5. The summed E-state index contributed by atoms with van der Waals surface area (Å²) < 4.78 is 5.57. The van der Waals surface area contributed by atoms with Gasteiger partial charge in [-0.15, -0.1) is 11.3 Å². The van der Waals surface area contributed by atoms with Crippen LogP contribution in [0.1, 0.15) is 32.6 Å². The van der Waals surface area contributed by atoms with E-state index in [0.717, 1.165) is 41.8 Å². The van der Waals surface area contributed by atoms with Gasteiger partial charge in [-0.25, -0.2) is 4.98 Å². The van der Waals surface area contributed by atoms with E-state index >= 15 is 0 Å². The average Bonchev–Trinajstić information content (AvgIpc) is 3.13. The molecule has 1 saturated carbocycles. The van der Waals surface area contributed by atoms with Gasteiger partial charge >= 0.3 is 0 Å². The van der Waals surface area contributed by atoms with Gasteiger partial charge in [-0.3, -0.25) is 0 Å². The summed E-state index contributed by atoms with van der Waals surface area (Å²) in [5.41, 5.74) is 0. The molecule has 6 heteroatoms. The Hall–Kier alpha value is -1.40. The third kappa shape index (κ3) is 3.11. The summed E-state index contributed by atoms with van der Waals surface area (Å²) in [6.45, 7) is 3.03. The van der Waals surface area contributed by atoms with Gasteiger partial charge in [0, 0.05) is 13.7 Å². The lowest BCUT2D eigenvalue weighted by Crippen LogP contribution is -2.30. The molecule has 2 unspecified atom stereocenters. The standard InChI is InChI=1S/C15H22N4OS/c1-3-8-16-15-18-13(10-7-9-21-14(10)19-15)17-11-5-4-6-12(11)20-2/h7,9,11-12H,3-6,8H2,1-2H3,(H2,16,17,18,19). The molecule has 1 fully saturated rings. The maximum atomic E-state index is 5.57. The van der Waals surface area contributed by atoms with Crippen LogP contribution in [0.5, 0.6) is 0 Å². The van der Waals surface area contributed by atoms with E-state index in [2.05, 4.69) is 39.0 Å². The quantitative estimate of drug-likeness (QED) is 0.855. The van der Waals surface area contributed by atoms with Crippen molar-refractivity contribution in [1.82, 2.24) is 9.97 Å². The van der Waals surface area contributed by atoms with Crippen molar-refractivity contribution < 1.29 is 4.74 Å². The molecule has 114 valence electrons. The lowest BCUT2D eigenvalue weighted by Gasteiger charge is -2.21. The molecule has 1 aliphatic carbocycles. The van der Waals surface area contributed by atoms with Crippen LogP contribution in [0.25, 0.3) is 10.2 Å². The van der Waals surface area contributed by atoms with E-state index in [1.165, 1.54) is 6.42 Å². The van der Waals surface area contributed by atoms with Gasteiger partial charge in [0.1, 0.15) is 10.6 Å². The first-order valence-corrected chi connectivity index (χ1v) is 8.48. The molecule has 21 heavy (non-hydrogen) atoms. The van der Waals surface area contributed by atoms with Crippen LogP contribution >= 0.6 is 11.3 Å². The molecule has 3 rings (SSSR count). The lowest BCUT2D eigenvalue weighted by atomic mass is 10.2. The minimum absolute atomic E-state index is 0.278. The molecule has 0 aromatic carbocycles. The van der Waals surface area contributed by atoms with Gasteiger partial charge in [0.05, 0.1) is 17.5 Å². The Balaban J connectivity index is 1.87. The normalized spacial score (nSPS) is 21.8. The van der Waals surface area contributed by atoms with E-state index in [9.17, 15) is 0 Å². The van der Waals surface area contributed by atoms with Crippen molar-refractivity contribution in [3.05, 3.63) is 11.4 Å². The Bertz CT molecular complexity index is 600. The number of aromatic nitrogens is 2. The van der Waals surface area contributed by atoms with Crippen molar-refractivity contribution in [2.24, 2.45) is 0 Å². The Labute approximate surface area is 129 Å². The summed E-state index contributed by atoms with van der Waals surface area (Å²) in [5, 5.41) is 10.0. The Morgan fingerprint density at radius 3 is 3.10 bits per heavy atom. The molecule has 0 radical (unpaired) electrons. The van der Waals surface area contributed by atoms with Gasteiger partial charge in [-0.1, -0.05) is 6.92 Å². The first-order valence-electron chi connectivity index (χ1n) is 7.60. The van der Waals surface area contributed by atoms with Gasteiger partial charge in [0.25, 0.3) is 0 Å². The van der Waals surface area contributed by atoms with Gasteiger partial charge in [-0.05, 0) is 37.1 Å². The zero-order valence-electron chi connectivity index (χ0n) is 12.6. The van der Waals surface area contributed by atoms with Crippen LogP contribution < -0.4 is 10.6 Å². The number of nitrogens with one attached hydrogen (secondary N) is 2. The van der Waals surface area contributed by atoms with E-state index in [-0.39, 0.29) is 6.10 Å². The highest BCUT2D eigenvalue weighted by molar-refractivity contribution is 7.16. The molecule has 0 amide bonds. The fourth-order valence-electron chi connectivity index (χ4n) is 2.83. The lowest BCUT2D eigenvalue weighted by molar-refractivity contribution is 0.101. The Kier molecular flexibility index (Phi) is 4.55. The van der Waals surface area contributed by atoms with Crippen molar-refractivity contribution >= 4 is 33.3 Å². The number of ether oxygens (including phenoxy) is 1. The van der Waals surface area contributed by atoms with Crippen LogP contribution in [0, 0.1) is 0 Å². The maximum absolute atomic E-state index is 5.57. The minimum Gasteiger partial charge on any atom is -0.379 e. The van der Waals surface area contributed by atoms with Crippen molar-refractivity contribution in [3.63, 3.8) is 0 Å². The average molecular weight is 306 g/mol.